The maximum atomic E-state index is 12.3. The quantitative estimate of drug-likeness (QED) is 0.550. The molecule has 13 heteroatoms. The van der Waals surface area contributed by atoms with E-state index in [2.05, 4.69) is 20.3 Å². The standard InChI is InChI=1S/C17H26N5O7P/c1-10(2)15(23)20-17-19-14-13(16(24)21-17)18-9-22(14)12-7-11(8-29-12)28-5-6-30(25,26-3)27-4/h9-12H,5-8H2,1-4H3,(H2,19,20,21,23,24)/t11-,12-/m1/s1. The Morgan fingerprint density at radius 3 is 2.83 bits per heavy atom. The number of hydrogen-bond acceptors (Lipinski definition) is 9. The summed E-state index contributed by atoms with van der Waals surface area (Å²) in [6, 6.07) is 0. The molecule has 0 bridgehead atoms. The van der Waals surface area contributed by atoms with Crippen molar-refractivity contribution in [1.29, 1.82) is 0 Å². The van der Waals surface area contributed by atoms with Crippen molar-refractivity contribution >= 4 is 30.6 Å². The maximum Gasteiger partial charge on any atom is 0.332 e. The number of imidazole rings is 1. The first kappa shape index (κ1) is 22.6. The summed E-state index contributed by atoms with van der Waals surface area (Å²) in [7, 11) is -0.470. The third-order valence-electron chi connectivity index (χ3n) is 4.72. The van der Waals surface area contributed by atoms with Crippen molar-refractivity contribution in [2.45, 2.75) is 32.6 Å². The van der Waals surface area contributed by atoms with Crippen molar-refractivity contribution < 1.29 is 27.9 Å². The molecule has 1 saturated heterocycles. The summed E-state index contributed by atoms with van der Waals surface area (Å²) >= 11 is 0. The highest BCUT2D eigenvalue weighted by atomic mass is 31.2. The molecular weight excluding hydrogens is 417 g/mol. The number of fused-ring (bicyclic) bond motifs is 1. The van der Waals surface area contributed by atoms with E-state index in [9.17, 15) is 14.2 Å². The molecule has 0 spiro atoms. The van der Waals surface area contributed by atoms with Crippen LogP contribution in [0.15, 0.2) is 11.1 Å². The highest BCUT2D eigenvalue weighted by molar-refractivity contribution is 7.53. The van der Waals surface area contributed by atoms with Gasteiger partial charge in [-0.15, -0.1) is 0 Å². The van der Waals surface area contributed by atoms with Crippen LogP contribution in [0.25, 0.3) is 11.2 Å². The van der Waals surface area contributed by atoms with E-state index in [0.29, 0.717) is 18.7 Å². The van der Waals surface area contributed by atoms with Crippen molar-refractivity contribution in [3.63, 3.8) is 0 Å². The Bertz CT molecular complexity index is 996. The lowest BCUT2D eigenvalue weighted by Crippen LogP contribution is -2.22. The minimum atomic E-state index is -3.13. The van der Waals surface area contributed by atoms with Gasteiger partial charge >= 0.3 is 7.60 Å². The summed E-state index contributed by atoms with van der Waals surface area (Å²) in [5.41, 5.74) is -0.0168. The van der Waals surface area contributed by atoms with E-state index in [1.54, 1.807) is 18.4 Å². The largest absolute Gasteiger partial charge is 0.375 e. The molecule has 3 heterocycles. The lowest BCUT2D eigenvalue weighted by molar-refractivity contribution is -0.118. The van der Waals surface area contributed by atoms with Crippen LogP contribution in [0.4, 0.5) is 5.95 Å². The molecule has 2 aromatic heterocycles. The van der Waals surface area contributed by atoms with Crippen molar-refractivity contribution in [3.05, 3.63) is 16.7 Å². The number of aromatic nitrogens is 4. The number of ether oxygens (including phenoxy) is 2. The Hall–Kier alpha value is -2.11. The zero-order chi connectivity index (χ0) is 21.9. The number of nitrogens with zero attached hydrogens (tertiary/aromatic N) is 3. The average molecular weight is 443 g/mol. The first-order valence-corrected chi connectivity index (χ1v) is 11.2. The topological polar surface area (TPSA) is 147 Å². The normalized spacial score (nSPS) is 19.6. The fraction of sp³-hybridized carbons (Fsp3) is 0.647. The summed E-state index contributed by atoms with van der Waals surface area (Å²) in [5, 5.41) is 2.58. The van der Waals surface area contributed by atoms with Crippen LogP contribution in [0.5, 0.6) is 0 Å². The molecule has 0 saturated carbocycles. The summed E-state index contributed by atoms with van der Waals surface area (Å²) in [4.78, 5) is 35.2. The van der Waals surface area contributed by atoms with Gasteiger partial charge in [-0.25, -0.2) is 4.98 Å². The summed E-state index contributed by atoms with van der Waals surface area (Å²) < 4.78 is 35.0. The molecule has 3 rings (SSSR count). The third kappa shape index (κ3) is 4.96. The van der Waals surface area contributed by atoms with Gasteiger partial charge in [0.2, 0.25) is 11.9 Å². The molecule has 1 amide bonds. The second-order valence-electron chi connectivity index (χ2n) is 7.10. The molecule has 12 nitrogen and oxygen atoms in total. The molecule has 0 radical (unpaired) electrons. The van der Waals surface area contributed by atoms with Crippen LogP contribution in [0.2, 0.25) is 0 Å². The monoisotopic (exact) mass is 443 g/mol. The zero-order valence-electron chi connectivity index (χ0n) is 17.3. The molecule has 2 N–H and O–H groups in total. The third-order valence-corrected chi connectivity index (χ3v) is 6.57. The molecule has 1 aliphatic rings. The first-order chi connectivity index (χ1) is 14.3. The SMILES string of the molecule is COP(=O)(CCO[C@H]1CO[C@@H](n2cnc3c(=O)[nH]c(NC(=O)C(C)C)nc32)C1)OC. The number of anilines is 1. The second-order valence-corrected chi connectivity index (χ2v) is 9.50. The summed E-state index contributed by atoms with van der Waals surface area (Å²) in [6.07, 6.45) is 1.40. The van der Waals surface area contributed by atoms with E-state index >= 15 is 0 Å². The van der Waals surface area contributed by atoms with Gasteiger partial charge in [0.25, 0.3) is 5.56 Å². The van der Waals surface area contributed by atoms with Crippen molar-refractivity contribution in [3.8, 4) is 0 Å². The van der Waals surface area contributed by atoms with Gasteiger partial charge in [0.15, 0.2) is 11.2 Å². The van der Waals surface area contributed by atoms with Crippen LogP contribution in [0.3, 0.4) is 0 Å². The summed E-state index contributed by atoms with van der Waals surface area (Å²) in [6.45, 7) is 3.98. The predicted octanol–water partition coefficient (Wildman–Crippen LogP) is 1.50. The Kier molecular flexibility index (Phi) is 7.04. The Morgan fingerprint density at radius 1 is 1.43 bits per heavy atom. The minimum Gasteiger partial charge on any atom is -0.375 e. The van der Waals surface area contributed by atoms with E-state index in [-0.39, 0.29) is 42.2 Å². The van der Waals surface area contributed by atoms with Crippen molar-refractivity contribution in [1.82, 2.24) is 19.5 Å². The Balaban J connectivity index is 1.70. The Morgan fingerprint density at radius 2 is 2.17 bits per heavy atom. The molecule has 2 atom stereocenters. The fourth-order valence-electron chi connectivity index (χ4n) is 2.93. The van der Waals surface area contributed by atoms with Gasteiger partial charge in [-0.3, -0.25) is 29.0 Å². The van der Waals surface area contributed by atoms with Gasteiger partial charge in [0.05, 0.1) is 31.8 Å². The number of carbonyl (C=O) groups is 1. The lowest BCUT2D eigenvalue weighted by Gasteiger charge is -2.15. The highest BCUT2D eigenvalue weighted by Crippen LogP contribution is 2.45. The van der Waals surface area contributed by atoms with Gasteiger partial charge in [-0.2, -0.15) is 4.98 Å². The fourth-order valence-corrected chi connectivity index (χ4v) is 3.78. The summed E-state index contributed by atoms with van der Waals surface area (Å²) in [5.74, 6) is -0.481. The highest BCUT2D eigenvalue weighted by Gasteiger charge is 2.30. The molecule has 0 aromatic carbocycles. The van der Waals surface area contributed by atoms with Gasteiger partial charge in [0.1, 0.15) is 6.23 Å². The van der Waals surface area contributed by atoms with E-state index in [0.717, 1.165) is 0 Å². The minimum absolute atomic E-state index is 0.0497. The molecule has 1 fully saturated rings. The molecule has 30 heavy (non-hydrogen) atoms. The van der Waals surface area contributed by atoms with Crippen LogP contribution in [-0.4, -0.2) is 65.1 Å². The van der Waals surface area contributed by atoms with Crippen molar-refractivity contribution in [2.24, 2.45) is 5.92 Å². The van der Waals surface area contributed by atoms with Gasteiger partial charge in [0, 0.05) is 26.6 Å². The number of rotatable bonds is 9. The zero-order valence-corrected chi connectivity index (χ0v) is 18.2. The van der Waals surface area contributed by atoms with Gasteiger partial charge in [-0.1, -0.05) is 13.8 Å². The molecule has 0 unspecified atom stereocenters. The molecule has 2 aromatic rings. The van der Waals surface area contributed by atoms with E-state index in [1.807, 2.05) is 0 Å². The number of aromatic amines is 1. The Labute approximate surface area is 172 Å². The lowest BCUT2D eigenvalue weighted by atomic mass is 10.2. The predicted molar refractivity (Wildman–Crippen MR) is 107 cm³/mol. The molecule has 1 aliphatic heterocycles. The van der Waals surface area contributed by atoms with Crippen LogP contribution >= 0.6 is 7.60 Å². The number of carbonyl (C=O) groups excluding carboxylic acids is 1. The number of hydrogen-bond donors (Lipinski definition) is 2. The maximum absolute atomic E-state index is 12.3. The van der Waals surface area contributed by atoms with Crippen molar-refractivity contribution in [2.75, 3.05) is 38.9 Å². The van der Waals surface area contributed by atoms with E-state index in [4.69, 9.17) is 18.5 Å². The van der Waals surface area contributed by atoms with Crippen LogP contribution in [0.1, 0.15) is 26.5 Å². The van der Waals surface area contributed by atoms with Gasteiger partial charge < -0.3 is 18.5 Å². The first-order valence-electron chi connectivity index (χ1n) is 9.47. The molecular formula is C17H26N5O7P. The van der Waals surface area contributed by atoms with E-state index in [1.165, 1.54) is 20.5 Å². The second kappa shape index (κ2) is 9.36. The van der Waals surface area contributed by atoms with Crippen LogP contribution < -0.4 is 10.9 Å². The van der Waals surface area contributed by atoms with Gasteiger partial charge in [-0.05, 0) is 0 Å². The number of nitrogens with one attached hydrogen (secondary N) is 2. The molecule has 0 aliphatic carbocycles. The number of H-pyrrole nitrogens is 1. The van der Waals surface area contributed by atoms with E-state index < -0.39 is 19.4 Å². The number of amides is 1. The smallest absolute Gasteiger partial charge is 0.332 e. The molecule has 166 valence electrons. The average Bonchev–Trinajstić information content (AvgIpc) is 3.34. The van der Waals surface area contributed by atoms with Crippen LogP contribution in [-0.2, 0) is 27.9 Å². The van der Waals surface area contributed by atoms with Crippen LogP contribution in [0, 0.1) is 5.92 Å².